The van der Waals surface area contributed by atoms with E-state index < -0.39 is 0 Å². The normalized spacial score (nSPS) is 27.8. The van der Waals surface area contributed by atoms with Crippen LogP contribution >= 0.6 is 0 Å². The van der Waals surface area contributed by atoms with Gasteiger partial charge in [-0.1, -0.05) is 18.2 Å². The molecule has 1 aliphatic heterocycles. The number of hydrogen-bond donors (Lipinski definition) is 2. The molecular formula is C18H26FN3O2. The number of hydrogen-bond acceptors (Lipinski definition) is 3. The highest BCUT2D eigenvalue weighted by Crippen LogP contribution is 2.41. The fourth-order valence-corrected chi connectivity index (χ4v) is 3.02. The van der Waals surface area contributed by atoms with Gasteiger partial charge in [0.15, 0.2) is 5.96 Å². The van der Waals surface area contributed by atoms with E-state index in [2.05, 4.69) is 22.5 Å². The van der Waals surface area contributed by atoms with E-state index in [1.54, 1.807) is 13.1 Å². The predicted octanol–water partition coefficient (Wildman–Crippen LogP) is 2.04. The minimum absolute atomic E-state index is 0.129. The van der Waals surface area contributed by atoms with Crippen molar-refractivity contribution in [2.24, 2.45) is 4.99 Å². The average Bonchev–Trinajstić information content (AvgIpc) is 3.13. The summed E-state index contributed by atoms with van der Waals surface area (Å²) in [4.78, 5) is 4.26. The highest BCUT2D eigenvalue weighted by atomic mass is 19.1. The molecule has 0 spiro atoms. The topological polar surface area (TPSA) is 54.9 Å². The van der Waals surface area contributed by atoms with Crippen molar-refractivity contribution < 1.29 is 13.9 Å². The zero-order valence-corrected chi connectivity index (χ0v) is 14.3. The molecule has 132 valence electrons. The minimum atomic E-state index is -0.129. The summed E-state index contributed by atoms with van der Waals surface area (Å²) in [6.07, 6.45) is 2.09. The maximum atomic E-state index is 13.8. The molecule has 0 radical (unpaired) electrons. The van der Waals surface area contributed by atoms with Crippen LogP contribution < -0.4 is 10.6 Å². The smallest absolute Gasteiger partial charge is 0.191 e. The molecule has 2 N–H and O–H groups in total. The number of nitrogens with one attached hydrogen (secondary N) is 2. The van der Waals surface area contributed by atoms with Crippen LogP contribution in [0.5, 0.6) is 0 Å². The third kappa shape index (κ3) is 4.45. The molecule has 4 unspecified atom stereocenters. The van der Waals surface area contributed by atoms with E-state index in [1.165, 1.54) is 6.07 Å². The predicted molar refractivity (Wildman–Crippen MR) is 91.8 cm³/mol. The molecule has 1 heterocycles. The van der Waals surface area contributed by atoms with Crippen LogP contribution in [-0.2, 0) is 9.47 Å². The molecule has 5 nitrogen and oxygen atoms in total. The first kappa shape index (κ1) is 17.2. The Morgan fingerprint density at radius 1 is 1.46 bits per heavy atom. The molecule has 0 amide bonds. The number of rotatable bonds is 6. The fourth-order valence-electron chi connectivity index (χ4n) is 3.02. The van der Waals surface area contributed by atoms with E-state index in [0.29, 0.717) is 13.2 Å². The van der Waals surface area contributed by atoms with Gasteiger partial charge in [-0.05, 0) is 31.4 Å². The standard InChI is InChI=1S/C18H26FN3O2/c1-12(10-24-13-7-8-23-11-13)21-18(20-2)22-17-9-15(17)14-5-3-4-6-16(14)19/h3-6,12-13,15,17H,7-11H2,1-2H3,(H2,20,21,22). The van der Waals surface area contributed by atoms with Crippen molar-refractivity contribution in [1.29, 1.82) is 0 Å². The van der Waals surface area contributed by atoms with E-state index in [1.807, 2.05) is 12.1 Å². The molecule has 0 bridgehead atoms. The third-order valence-electron chi connectivity index (χ3n) is 4.49. The molecule has 6 heteroatoms. The summed E-state index contributed by atoms with van der Waals surface area (Å²) >= 11 is 0. The monoisotopic (exact) mass is 335 g/mol. The van der Waals surface area contributed by atoms with Gasteiger partial charge in [0.05, 0.1) is 19.3 Å². The van der Waals surface area contributed by atoms with Crippen LogP contribution in [0.3, 0.4) is 0 Å². The molecular weight excluding hydrogens is 309 g/mol. The number of guanidine groups is 1. The van der Waals surface area contributed by atoms with Gasteiger partial charge >= 0.3 is 0 Å². The zero-order chi connectivity index (χ0) is 16.9. The molecule has 1 aliphatic carbocycles. The number of halogens is 1. The van der Waals surface area contributed by atoms with Gasteiger partial charge in [0, 0.05) is 31.7 Å². The van der Waals surface area contributed by atoms with Crippen LogP contribution in [0.1, 0.15) is 31.2 Å². The fraction of sp³-hybridized carbons (Fsp3) is 0.611. The molecule has 1 saturated heterocycles. The van der Waals surface area contributed by atoms with E-state index in [0.717, 1.165) is 31.0 Å². The van der Waals surface area contributed by atoms with Crippen molar-refractivity contribution in [1.82, 2.24) is 10.6 Å². The lowest BCUT2D eigenvalue weighted by molar-refractivity contribution is 0.0347. The number of nitrogens with zero attached hydrogens (tertiary/aromatic N) is 1. The number of aliphatic imine (C=N–C) groups is 1. The summed E-state index contributed by atoms with van der Waals surface area (Å²) in [5, 5.41) is 6.70. The van der Waals surface area contributed by atoms with Gasteiger partial charge in [0.1, 0.15) is 5.82 Å². The quantitative estimate of drug-likeness (QED) is 0.617. The SMILES string of the molecule is CN=C(NC(C)COC1CCOC1)NC1CC1c1ccccc1F. The summed E-state index contributed by atoms with van der Waals surface area (Å²) in [6.45, 7) is 4.14. The Morgan fingerprint density at radius 3 is 3.00 bits per heavy atom. The molecule has 1 aromatic carbocycles. The second-order valence-corrected chi connectivity index (χ2v) is 6.55. The van der Waals surface area contributed by atoms with Gasteiger partial charge in [0.25, 0.3) is 0 Å². The maximum absolute atomic E-state index is 13.8. The Bertz CT molecular complexity index is 575. The van der Waals surface area contributed by atoms with Crippen molar-refractivity contribution in [2.45, 2.75) is 43.9 Å². The van der Waals surface area contributed by atoms with Crippen molar-refractivity contribution >= 4 is 5.96 Å². The first-order valence-electron chi connectivity index (χ1n) is 8.61. The Morgan fingerprint density at radius 2 is 2.29 bits per heavy atom. The Kier molecular flexibility index (Phi) is 5.68. The molecule has 2 fully saturated rings. The summed E-state index contributed by atoms with van der Waals surface area (Å²) < 4.78 is 25.0. The lowest BCUT2D eigenvalue weighted by atomic mass is 10.1. The van der Waals surface area contributed by atoms with Crippen LogP contribution in [0.4, 0.5) is 4.39 Å². The summed E-state index contributed by atoms with van der Waals surface area (Å²) in [6, 6.07) is 7.35. The van der Waals surface area contributed by atoms with Crippen molar-refractivity contribution in [3.63, 3.8) is 0 Å². The van der Waals surface area contributed by atoms with Crippen molar-refractivity contribution in [2.75, 3.05) is 26.9 Å². The second-order valence-electron chi connectivity index (χ2n) is 6.55. The lowest BCUT2D eigenvalue weighted by Gasteiger charge is -2.19. The van der Waals surface area contributed by atoms with E-state index >= 15 is 0 Å². The Labute approximate surface area is 142 Å². The van der Waals surface area contributed by atoms with Crippen LogP contribution in [-0.4, -0.2) is 51.0 Å². The largest absolute Gasteiger partial charge is 0.379 e. The summed E-state index contributed by atoms with van der Waals surface area (Å²) in [7, 11) is 1.74. The van der Waals surface area contributed by atoms with Crippen molar-refractivity contribution in [3.05, 3.63) is 35.6 Å². The third-order valence-corrected chi connectivity index (χ3v) is 4.49. The number of benzene rings is 1. The van der Waals surface area contributed by atoms with Crippen LogP contribution in [0.15, 0.2) is 29.3 Å². The van der Waals surface area contributed by atoms with E-state index in [-0.39, 0.29) is 29.9 Å². The molecule has 2 aliphatic rings. The van der Waals surface area contributed by atoms with Crippen LogP contribution in [0.2, 0.25) is 0 Å². The highest BCUT2D eigenvalue weighted by molar-refractivity contribution is 5.80. The second kappa shape index (κ2) is 7.94. The summed E-state index contributed by atoms with van der Waals surface area (Å²) in [5.74, 6) is 0.819. The number of ether oxygens (including phenoxy) is 2. The first-order chi connectivity index (χ1) is 11.7. The van der Waals surface area contributed by atoms with E-state index in [9.17, 15) is 4.39 Å². The minimum Gasteiger partial charge on any atom is -0.379 e. The first-order valence-corrected chi connectivity index (χ1v) is 8.61. The van der Waals surface area contributed by atoms with Crippen molar-refractivity contribution in [3.8, 4) is 0 Å². The van der Waals surface area contributed by atoms with Gasteiger partial charge in [-0.15, -0.1) is 0 Å². The molecule has 4 atom stereocenters. The maximum Gasteiger partial charge on any atom is 0.191 e. The summed E-state index contributed by atoms with van der Waals surface area (Å²) in [5.41, 5.74) is 0.781. The van der Waals surface area contributed by atoms with Gasteiger partial charge in [-0.2, -0.15) is 0 Å². The van der Waals surface area contributed by atoms with E-state index in [4.69, 9.17) is 9.47 Å². The molecule has 1 aromatic rings. The average molecular weight is 335 g/mol. The van der Waals surface area contributed by atoms with Gasteiger partial charge < -0.3 is 20.1 Å². The highest BCUT2D eigenvalue weighted by Gasteiger charge is 2.40. The van der Waals surface area contributed by atoms with Crippen LogP contribution in [0.25, 0.3) is 0 Å². The van der Waals surface area contributed by atoms with Crippen LogP contribution in [0, 0.1) is 5.82 Å². The lowest BCUT2D eigenvalue weighted by Crippen LogP contribution is -2.45. The van der Waals surface area contributed by atoms with Gasteiger partial charge in [-0.25, -0.2) is 4.39 Å². The molecule has 3 rings (SSSR count). The van der Waals surface area contributed by atoms with Gasteiger partial charge in [-0.3, -0.25) is 4.99 Å². The molecule has 24 heavy (non-hydrogen) atoms. The Hall–Kier alpha value is -1.66. The Balaban J connectivity index is 1.43. The molecule has 0 aromatic heterocycles. The van der Waals surface area contributed by atoms with Gasteiger partial charge in [0.2, 0.25) is 0 Å². The zero-order valence-electron chi connectivity index (χ0n) is 14.3. The molecule has 1 saturated carbocycles.